The topological polar surface area (TPSA) is 91.7 Å². The lowest BCUT2D eigenvalue weighted by molar-refractivity contribution is -0.139. The summed E-state index contributed by atoms with van der Waals surface area (Å²) in [6, 6.07) is 3.74. The lowest BCUT2D eigenvalue weighted by Crippen LogP contribution is -2.45. The van der Waals surface area contributed by atoms with Crippen LogP contribution in [0, 0.1) is 5.92 Å². The summed E-state index contributed by atoms with van der Waals surface area (Å²) in [6.07, 6.45) is 8.28. The van der Waals surface area contributed by atoms with Gasteiger partial charge in [0.15, 0.2) is 0 Å². The minimum atomic E-state index is -0.563. The number of hydrogen-bond donors (Lipinski definition) is 2. The van der Waals surface area contributed by atoms with Crippen molar-refractivity contribution in [1.29, 1.82) is 0 Å². The quantitative estimate of drug-likeness (QED) is 0.613. The number of hydrogen-bond acceptors (Lipinski definition) is 4. The van der Waals surface area contributed by atoms with Crippen molar-refractivity contribution >= 4 is 23.8 Å². The second kappa shape index (κ2) is 8.00. The van der Waals surface area contributed by atoms with E-state index in [1.54, 1.807) is 29.4 Å². The van der Waals surface area contributed by atoms with Crippen LogP contribution in [0.3, 0.4) is 0 Å². The van der Waals surface area contributed by atoms with E-state index >= 15 is 0 Å². The maximum Gasteiger partial charge on any atom is 0.309 e. The highest BCUT2D eigenvalue weighted by atomic mass is 16.3. The fourth-order valence-corrected chi connectivity index (χ4v) is 2.80. The Kier molecular flexibility index (Phi) is 5.53. The van der Waals surface area contributed by atoms with Crippen LogP contribution in [0.1, 0.15) is 31.4 Å². The molecule has 3 rings (SSSR count). The van der Waals surface area contributed by atoms with Crippen LogP contribution in [0.25, 0.3) is 6.08 Å². The molecule has 3 amide bonds. The van der Waals surface area contributed by atoms with Gasteiger partial charge < -0.3 is 20.0 Å². The molecule has 0 spiro atoms. The third-order valence-electron chi connectivity index (χ3n) is 4.53. The van der Waals surface area contributed by atoms with Crippen LogP contribution in [0.2, 0.25) is 0 Å². The zero-order valence-electron chi connectivity index (χ0n) is 14.1. The van der Waals surface area contributed by atoms with Gasteiger partial charge in [-0.2, -0.15) is 0 Å². The van der Waals surface area contributed by atoms with Crippen LogP contribution in [-0.2, 0) is 14.4 Å². The van der Waals surface area contributed by atoms with Crippen molar-refractivity contribution < 1.29 is 18.8 Å². The molecule has 25 heavy (non-hydrogen) atoms. The molecule has 1 saturated carbocycles. The van der Waals surface area contributed by atoms with Crippen molar-refractivity contribution in [2.45, 2.75) is 31.7 Å². The molecule has 7 nitrogen and oxygen atoms in total. The molecule has 1 aliphatic heterocycles. The van der Waals surface area contributed by atoms with E-state index in [1.165, 1.54) is 6.08 Å². The Balaban J connectivity index is 1.35. The van der Waals surface area contributed by atoms with Crippen LogP contribution in [-0.4, -0.2) is 48.3 Å². The zero-order valence-corrected chi connectivity index (χ0v) is 14.1. The smallest absolute Gasteiger partial charge is 0.309 e. The molecule has 0 atom stereocenters. The van der Waals surface area contributed by atoms with Crippen molar-refractivity contribution in [2.24, 2.45) is 5.92 Å². The van der Waals surface area contributed by atoms with Crippen molar-refractivity contribution in [3.05, 3.63) is 30.2 Å². The van der Waals surface area contributed by atoms with Gasteiger partial charge in [-0.3, -0.25) is 14.4 Å². The predicted molar refractivity (Wildman–Crippen MR) is 91.2 cm³/mol. The highest BCUT2D eigenvalue weighted by molar-refractivity contribution is 6.35. The number of furan rings is 1. The number of piperidine rings is 1. The Labute approximate surface area is 146 Å². The van der Waals surface area contributed by atoms with E-state index in [9.17, 15) is 14.4 Å². The van der Waals surface area contributed by atoms with E-state index in [2.05, 4.69) is 10.6 Å². The van der Waals surface area contributed by atoms with Crippen LogP contribution in [0.4, 0.5) is 0 Å². The van der Waals surface area contributed by atoms with Gasteiger partial charge in [0.25, 0.3) is 0 Å². The molecule has 2 N–H and O–H groups in total. The first-order valence-corrected chi connectivity index (χ1v) is 8.71. The van der Waals surface area contributed by atoms with Gasteiger partial charge in [-0.1, -0.05) is 0 Å². The van der Waals surface area contributed by atoms with E-state index in [-0.39, 0.29) is 17.9 Å². The summed E-state index contributed by atoms with van der Waals surface area (Å²) in [4.78, 5) is 37.2. The third-order valence-corrected chi connectivity index (χ3v) is 4.53. The normalized spacial score (nSPS) is 18.3. The molecule has 0 radical (unpaired) electrons. The van der Waals surface area contributed by atoms with Gasteiger partial charge in [-0.25, -0.2) is 0 Å². The molecule has 1 aromatic rings. The summed E-state index contributed by atoms with van der Waals surface area (Å²) >= 11 is 0. The minimum Gasteiger partial charge on any atom is -0.465 e. The summed E-state index contributed by atoms with van der Waals surface area (Å²) in [7, 11) is 0. The predicted octanol–water partition coefficient (Wildman–Crippen LogP) is 0.926. The highest BCUT2D eigenvalue weighted by Gasteiger charge is 2.27. The molecule has 2 fully saturated rings. The first kappa shape index (κ1) is 17.3. The Bertz CT molecular complexity index is 641. The number of nitrogens with one attached hydrogen (secondary N) is 2. The Hall–Kier alpha value is -2.57. The Morgan fingerprint density at radius 1 is 1.16 bits per heavy atom. The summed E-state index contributed by atoms with van der Waals surface area (Å²) in [5.41, 5.74) is 0. The second-order valence-corrected chi connectivity index (χ2v) is 6.58. The lowest BCUT2D eigenvalue weighted by Gasteiger charge is -2.31. The molecule has 1 saturated heterocycles. The first-order valence-electron chi connectivity index (χ1n) is 8.71. The van der Waals surface area contributed by atoms with E-state index in [0.29, 0.717) is 25.4 Å². The molecule has 0 aromatic carbocycles. The molecular formula is C18H23N3O4. The number of rotatable bonds is 5. The van der Waals surface area contributed by atoms with Crippen molar-refractivity contribution in [3.63, 3.8) is 0 Å². The van der Waals surface area contributed by atoms with Gasteiger partial charge in [0.2, 0.25) is 5.91 Å². The van der Waals surface area contributed by atoms with E-state index < -0.39 is 11.8 Å². The van der Waals surface area contributed by atoms with Crippen molar-refractivity contribution in [2.75, 3.05) is 19.6 Å². The number of nitrogens with zero attached hydrogens (tertiary/aromatic N) is 1. The van der Waals surface area contributed by atoms with Gasteiger partial charge in [-0.05, 0) is 49.8 Å². The van der Waals surface area contributed by atoms with E-state index in [4.69, 9.17) is 4.42 Å². The van der Waals surface area contributed by atoms with E-state index in [0.717, 1.165) is 25.7 Å². The molecule has 7 heteroatoms. The van der Waals surface area contributed by atoms with Crippen LogP contribution < -0.4 is 10.6 Å². The van der Waals surface area contributed by atoms with Gasteiger partial charge in [0.1, 0.15) is 5.76 Å². The van der Waals surface area contributed by atoms with Crippen LogP contribution in [0.5, 0.6) is 0 Å². The number of carbonyl (C=O) groups excluding carboxylic acids is 3. The van der Waals surface area contributed by atoms with Crippen LogP contribution >= 0.6 is 0 Å². The summed E-state index contributed by atoms with van der Waals surface area (Å²) in [6.45, 7) is 1.77. The fourth-order valence-electron chi connectivity index (χ4n) is 2.80. The summed E-state index contributed by atoms with van der Waals surface area (Å²) < 4.78 is 5.16. The van der Waals surface area contributed by atoms with Gasteiger partial charge in [0.05, 0.1) is 6.26 Å². The second-order valence-electron chi connectivity index (χ2n) is 6.58. The van der Waals surface area contributed by atoms with Crippen molar-refractivity contribution in [3.8, 4) is 0 Å². The van der Waals surface area contributed by atoms with Gasteiger partial charge >= 0.3 is 11.8 Å². The number of carbonyl (C=O) groups is 3. The number of likely N-dealkylation sites (tertiary alicyclic amines) is 1. The molecule has 134 valence electrons. The molecule has 1 aromatic heterocycles. The maximum atomic E-state index is 12.1. The van der Waals surface area contributed by atoms with E-state index in [1.807, 2.05) is 0 Å². The van der Waals surface area contributed by atoms with Gasteiger partial charge in [-0.15, -0.1) is 0 Å². The van der Waals surface area contributed by atoms with Crippen molar-refractivity contribution in [1.82, 2.24) is 15.5 Å². The molecule has 2 aliphatic rings. The average Bonchev–Trinajstić information content (AvgIpc) is 3.28. The molecule has 0 unspecified atom stereocenters. The largest absolute Gasteiger partial charge is 0.465 e. The standard InChI is InChI=1S/C18H23N3O4/c22-16(6-5-15-2-1-11-25-15)21-9-7-13(8-10-21)12-19-17(23)18(24)20-14-3-4-14/h1-2,5-6,11,13-14H,3-4,7-10,12H2,(H,19,23)(H,20,24)/b6-5+. The summed E-state index contributed by atoms with van der Waals surface area (Å²) in [5, 5.41) is 5.36. The first-order chi connectivity index (χ1) is 12.1. The van der Waals surface area contributed by atoms with Crippen LogP contribution in [0.15, 0.2) is 28.9 Å². The van der Waals surface area contributed by atoms with Gasteiger partial charge in [0, 0.05) is 31.8 Å². The third kappa shape index (κ3) is 5.20. The SMILES string of the molecule is O=C(NCC1CCN(C(=O)/C=C/c2ccco2)CC1)C(=O)NC1CC1. The molecular weight excluding hydrogens is 322 g/mol. The monoisotopic (exact) mass is 345 g/mol. The maximum absolute atomic E-state index is 12.1. The fraction of sp³-hybridized carbons (Fsp3) is 0.500. The number of amides is 3. The molecule has 0 bridgehead atoms. The zero-order chi connectivity index (χ0) is 17.6. The minimum absolute atomic E-state index is 0.0392. The molecule has 1 aliphatic carbocycles. The summed E-state index contributed by atoms with van der Waals surface area (Å²) in [5.74, 6) is -0.209. The lowest BCUT2D eigenvalue weighted by atomic mass is 9.96. The Morgan fingerprint density at radius 3 is 2.56 bits per heavy atom. The molecule has 2 heterocycles. The Morgan fingerprint density at radius 2 is 1.92 bits per heavy atom. The average molecular weight is 345 g/mol. The highest BCUT2D eigenvalue weighted by Crippen LogP contribution is 2.19.